The predicted octanol–water partition coefficient (Wildman–Crippen LogP) is 4.62. The van der Waals surface area contributed by atoms with Crippen molar-refractivity contribution in [2.24, 2.45) is 7.05 Å². The van der Waals surface area contributed by atoms with E-state index in [1.165, 1.54) is 5.56 Å². The zero-order valence-corrected chi connectivity index (χ0v) is 15.6. The highest BCUT2D eigenvalue weighted by Crippen LogP contribution is 2.29. The first-order valence-electron chi connectivity index (χ1n) is 7.26. The lowest BCUT2D eigenvalue weighted by Gasteiger charge is -2.20. The van der Waals surface area contributed by atoms with Crippen molar-refractivity contribution in [1.29, 1.82) is 0 Å². The molecule has 1 unspecified atom stereocenters. The largest absolute Gasteiger partial charge is 0.338 e. The van der Waals surface area contributed by atoms with Gasteiger partial charge in [0.15, 0.2) is 0 Å². The molecule has 1 heterocycles. The van der Waals surface area contributed by atoms with Crippen LogP contribution in [-0.2, 0) is 13.5 Å². The van der Waals surface area contributed by atoms with Gasteiger partial charge in [0, 0.05) is 40.8 Å². The topological polar surface area (TPSA) is 29.9 Å². The number of hydrogen-bond donors (Lipinski definition) is 1. The molecule has 114 valence electrons. The SMILES string of the molecule is CCCNC(CCc1nccn1C)c1ccc(Br)cc1Br. The molecule has 0 radical (unpaired) electrons. The van der Waals surface area contributed by atoms with Gasteiger partial charge < -0.3 is 9.88 Å². The maximum atomic E-state index is 4.41. The number of rotatable bonds is 7. The van der Waals surface area contributed by atoms with Gasteiger partial charge in [-0.25, -0.2) is 4.98 Å². The van der Waals surface area contributed by atoms with Crippen LogP contribution in [-0.4, -0.2) is 16.1 Å². The standard InChI is InChI=1S/C16H21Br2N3/c1-3-8-19-15(6-7-16-20-9-10-21(16)2)13-5-4-12(17)11-14(13)18/h4-5,9-11,15,19H,3,6-8H2,1-2H3. The van der Waals surface area contributed by atoms with Gasteiger partial charge in [-0.2, -0.15) is 0 Å². The Bertz CT molecular complexity index is 581. The van der Waals surface area contributed by atoms with Crippen LogP contribution in [0.5, 0.6) is 0 Å². The van der Waals surface area contributed by atoms with Gasteiger partial charge in [0.1, 0.15) is 5.82 Å². The predicted molar refractivity (Wildman–Crippen MR) is 94.4 cm³/mol. The Balaban J connectivity index is 2.12. The fraction of sp³-hybridized carbons (Fsp3) is 0.438. The van der Waals surface area contributed by atoms with Gasteiger partial charge in [0.2, 0.25) is 0 Å². The van der Waals surface area contributed by atoms with E-state index in [9.17, 15) is 0 Å². The van der Waals surface area contributed by atoms with Crippen LogP contribution in [0.25, 0.3) is 0 Å². The Morgan fingerprint density at radius 2 is 2.14 bits per heavy atom. The van der Waals surface area contributed by atoms with Crippen molar-refractivity contribution in [3.05, 3.63) is 50.9 Å². The van der Waals surface area contributed by atoms with Crippen LogP contribution in [0.15, 0.2) is 39.5 Å². The minimum atomic E-state index is 0.337. The van der Waals surface area contributed by atoms with E-state index in [-0.39, 0.29) is 0 Å². The molecule has 0 saturated heterocycles. The Morgan fingerprint density at radius 1 is 1.33 bits per heavy atom. The monoisotopic (exact) mass is 413 g/mol. The molecule has 2 rings (SSSR count). The summed E-state index contributed by atoms with van der Waals surface area (Å²) < 4.78 is 4.33. The van der Waals surface area contributed by atoms with Crippen molar-refractivity contribution in [1.82, 2.24) is 14.9 Å². The minimum Gasteiger partial charge on any atom is -0.338 e. The third kappa shape index (κ3) is 4.66. The van der Waals surface area contributed by atoms with E-state index in [0.29, 0.717) is 6.04 Å². The van der Waals surface area contributed by atoms with Crippen LogP contribution in [0, 0.1) is 0 Å². The number of aromatic nitrogens is 2. The van der Waals surface area contributed by atoms with E-state index in [1.54, 1.807) is 0 Å². The van der Waals surface area contributed by atoms with Crippen molar-refractivity contribution in [2.75, 3.05) is 6.54 Å². The van der Waals surface area contributed by atoms with E-state index in [4.69, 9.17) is 0 Å². The van der Waals surface area contributed by atoms with Gasteiger partial charge >= 0.3 is 0 Å². The smallest absolute Gasteiger partial charge is 0.108 e. The molecule has 0 aliphatic carbocycles. The molecule has 0 aliphatic heterocycles. The van der Waals surface area contributed by atoms with E-state index >= 15 is 0 Å². The molecular weight excluding hydrogens is 394 g/mol. The highest BCUT2D eigenvalue weighted by atomic mass is 79.9. The molecule has 1 atom stereocenters. The first kappa shape index (κ1) is 16.7. The number of aryl methyl sites for hydroxylation is 2. The molecule has 1 aromatic carbocycles. The lowest BCUT2D eigenvalue weighted by Crippen LogP contribution is -2.23. The molecule has 0 saturated carbocycles. The number of halogens is 2. The maximum absolute atomic E-state index is 4.41. The summed E-state index contributed by atoms with van der Waals surface area (Å²) in [4.78, 5) is 4.41. The lowest BCUT2D eigenvalue weighted by molar-refractivity contribution is 0.489. The summed E-state index contributed by atoms with van der Waals surface area (Å²) >= 11 is 7.20. The van der Waals surface area contributed by atoms with Gasteiger partial charge in [-0.1, -0.05) is 44.8 Å². The van der Waals surface area contributed by atoms with Crippen molar-refractivity contribution >= 4 is 31.9 Å². The van der Waals surface area contributed by atoms with E-state index < -0.39 is 0 Å². The Morgan fingerprint density at radius 3 is 2.76 bits per heavy atom. The Hall–Kier alpha value is -0.650. The molecule has 0 fully saturated rings. The summed E-state index contributed by atoms with van der Waals surface area (Å²) in [6.07, 6.45) is 6.99. The van der Waals surface area contributed by atoms with Crippen LogP contribution in [0.2, 0.25) is 0 Å². The molecular formula is C16H21Br2N3. The second kappa shape index (κ2) is 8.11. The van der Waals surface area contributed by atoms with E-state index in [2.05, 4.69) is 71.9 Å². The molecule has 21 heavy (non-hydrogen) atoms. The van der Waals surface area contributed by atoms with Gasteiger partial charge in [-0.3, -0.25) is 0 Å². The van der Waals surface area contributed by atoms with Gasteiger partial charge in [-0.15, -0.1) is 0 Å². The number of nitrogens with one attached hydrogen (secondary N) is 1. The molecule has 0 bridgehead atoms. The van der Waals surface area contributed by atoms with Crippen LogP contribution in [0.4, 0.5) is 0 Å². The zero-order valence-electron chi connectivity index (χ0n) is 12.4. The fourth-order valence-corrected chi connectivity index (χ4v) is 3.70. The zero-order chi connectivity index (χ0) is 15.2. The number of benzene rings is 1. The number of hydrogen-bond acceptors (Lipinski definition) is 2. The second-order valence-corrected chi connectivity index (χ2v) is 6.94. The van der Waals surface area contributed by atoms with Gasteiger partial charge in [0.25, 0.3) is 0 Å². The summed E-state index contributed by atoms with van der Waals surface area (Å²) in [6.45, 7) is 3.22. The molecule has 2 aromatic rings. The molecule has 1 aromatic heterocycles. The summed E-state index contributed by atoms with van der Waals surface area (Å²) in [6, 6.07) is 6.72. The van der Waals surface area contributed by atoms with E-state index in [1.807, 2.05) is 19.4 Å². The normalized spacial score (nSPS) is 12.6. The minimum absolute atomic E-state index is 0.337. The van der Waals surface area contributed by atoms with Crippen LogP contribution in [0.3, 0.4) is 0 Å². The Labute approximate surface area is 143 Å². The highest BCUT2D eigenvalue weighted by Gasteiger charge is 2.15. The molecule has 0 amide bonds. The second-order valence-electron chi connectivity index (χ2n) is 5.17. The highest BCUT2D eigenvalue weighted by molar-refractivity contribution is 9.11. The first-order chi connectivity index (χ1) is 10.1. The maximum Gasteiger partial charge on any atom is 0.108 e. The van der Waals surface area contributed by atoms with Crippen molar-refractivity contribution in [2.45, 2.75) is 32.2 Å². The van der Waals surface area contributed by atoms with Crippen molar-refractivity contribution < 1.29 is 0 Å². The molecule has 0 spiro atoms. The van der Waals surface area contributed by atoms with Gasteiger partial charge in [-0.05, 0) is 37.1 Å². The summed E-state index contributed by atoms with van der Waals surface area (Å²) in [7, 11) is 2.05. The average molecular weight is 415 g/mol. The van der Waals surface area contributed by atoms with Crippen LogP contribution < -0.4 is 5.32 Å². The summed E-state index contributed by atoms with van der Waals surface area (Å²) in [5, 5.41) is 3.65. The van der Waals surface area contributed by atoms with Crippen LogP contribution in [0.1, 0.15) is 37.2 Å². The van der Waals surface area contributed by atoms with Crippen molar-refractivity contribution in [3.63, 3.8) is 0 Å². The average Bonchev–Trinajstić information content (AvgIpc) is 2.85. The quantitative estimate of drug-likeness (QED) is 0.716. The third-order valence-corrected chi connectivity index (χ3v) is 4.74. The number of imidazole rings is 1. The third-order valence-electron chi connectivity index (χ3n) is 3.56. The van der Waals surface area contributed by atoms with E-state index in [0.717, 1.165) is 40.6 Å². The van der Waals surface area contributed by atoms with Crippen molar-refractivity contribution in [3.8, 4) is 0 Å². The molecule has 1 N–H and O–H groups in total. The fourth-order valence-electron chi connectivity index (χ4n) is 2.38. The Kier molecular flexibility index (Phi) is 6.45. The molecule has 5 heteroatoms. The summed E-state index contributed by atoms with van der Waals surface area (Å²) in [5.41, 5.74) is 1.31. The molecule has 3 nitrogen and oxygen atoms in total. The molecule has 0 aliphatic rings. The lowest BCUT2D eigenvalue weighted by atomic mass is 10.0. The van der Waals surface area contributed by atoms with Crippen LogP contribution >= 0.6 is 31.9 Å². The summed E-state index contributed by atoms with van der Waals surface area (Å²) in [5.74, 6) is 1.13. The number of nitrogens with zero attached hydrogens (tertiary/aromatic N) is 2. The first-order valence-corrected chi connectivity index (χ1v) is 8.85. The van der Waals surface area contributed by atoms with Gasteiger partial charge in [0.05, 0.1) is 0 Å².